The second-order valence-electron chi connectivity index (χ2n) is 7.12. The summed E-state index contributed by atoms with van der Waals surface area (Å²) in [7, 11) is 2.02. The number of piperidine rings is 1. The third-order valence-electron chi connectivity index (χ3n) is 5.23. The van der Waals surface area contributed by atoms with Gasteiger partial charge in [0, 0.05) is 25.8 Å². The summed E-state index contributed by atoms with van der Waals surface area (Å²) in [5, 5.41) is 4.23. The van der Waals surface area contributed by atoms with Gasteiger partial charge in [0.2, 0.25) is 0 Å². The Balaban J connectivity index is 1.34. The minimum absolute atomic E-state index is 0.803. The summed E-state index contributed by atoms with van der Waals surface area (Å²) in [5.41, 5.74) is 2.54. The van der Waals surface area contributed by atoms with Gasteiger partial charge < -0.3 is 10.2 Å². The number of para-hydroxylation sites is 1. The number of hydrogen-bond donors (Lipinski definition) is 1. The molecule has 0 unspecified atom stereocenters. The second kappa shape index (κ2) is 9.70. The Hall–Kier alpha value is -1.91. The van der Waals surface area contributed by atoms with Gasteiger partial charge in [-0.05, 0) is 68.2 Å². The van der Waals surface area contributed by atoms with Crippen molar-refractivity contribution in [3.63, 3.8) is 0 Å². The van der Waals surface area contributed by atoms with E-state index in [0.717, 1.165) is 29.8 Å². The molecule has 0 bridgehead atoms. The zero-order valence-corrected chi connectivity index (χ0v) is 16.4. The summed E-state index contributed by atoms with van der Waals surface area (Å²) >= 11 is 5.52. The first-order chi connectivity index (χ1) is 12.7. The monoisotopic (exact) mass is 367 g/mol. The predicted octanol–water partition coefficient (Wildman–Crippen LogP) is 4.30. The highest BCUT2D eigenvalue weighted by Gasteiger charge is 2.19. The second-order valence-corrected chi connectivity index (χ2v) is 7.51. The molecule has 0 spiro atoms. The molecule has 0 aromatic heterocycles. The van der Waals surface area contributed by atoms with Crippen LogP contribution in [0.4, 0.5) is 5.69 Å². The van der Waals surface area contributed by atoms with Crippen molar-refractivity contribution in [2.75, 3.05) is 31.6 Å². The molecule has 4 heteroatoms. The Morgan fingerprint density at radius 3 is 2.31 bits per heavy atom. The lowest BCUT2D eigenvalue weighted by Gasteiger charge is -2.32. The summed E-state index contributed by atoms with van der Waals surface area (Å²) in [4.78, 5) is 4.62. The van der Waals surface area contributed by atoms with Crippen LogP contribution in [-0.2, 0) is 6.54 Å². The Morgan fingerprint density at radius 1 is 1.04 bits per heavy atom. The van der Waals surface area contributed by atoms with Crippen molar-refractivity contribution in [1.82, 2.24) is 10.2 Å². The molecule has 2 aromatic rings. The van der Waals surface area contributed by atoms with Gasteiger partial charge >= 0.3 is 0 Å². The molecule has 0 saturated carbocycles. The highest BCUT2D eigenvalue weighted by molar-refractivity contribution is 7.80. The normalized spacial score (nSPS) is 15.6. The fourth-order valence-electron chi connectivity index (χ4n) is 3.55. The van der Waals surface area contributed by atoms with Gasteiger partial charge in [-0.1, -0.05) is 48.5 Å². The lowest BCUT2D eigenvalue weighted by atomic mass is 9.93. The number of thiocarbonyl (C=S) groups is 1. The lowest BCUT2D eigenvalue weighted by Crippen LogP contribution is -2.39. The number of hydrogen-bond acceptors (Lipinski definition) is 2. The average Bonchev–Trinajstić information content (AvgIpc) is 2.70. The van der Waals surface area contributed by atoms with E-state index >= 15 is 0 Å². The van der Waals surface area contributed by atoms with Gasteiger partial charge in [0.1, 0.15) is 0 Å². The summed E-state index contributed by atoms with van der Waals surface area (Å²) in [5.74, 6) is 0.805. The van der Waals surface area contributed by atoms with Crippen LogP contribution in [0.3, 0.4) is 0 Å². The molecule has 1 saturated heterocycles. The van der Waals surface area contributed by atoms with Gasteiger partial charge in [-0.3, -0.25) is 4.90 Å². The maximum Gasteiger partial charge on any atom is 0.173 e. The summed E-state index contributed by atoms with van der Waals surface area (Å²) in [6.45, 7) is 4.44. The molecule has 26 heavy (non-hydrogen) atoms. The number of rotatable bonds is 6. The minimum Gasteiger partial charge on any atom is -0.362 e. The highest BCUT2D eigenvalue weighted by atomic mass is 32.1. The molecule has 0 amide bonds. The van der Waals surface area contributed by atoms with Crippen LogP contribution in [0.5, 0.6) is 0 Å². The molecule has 3 nitrogen and oxygen atoms in total. The maximum atomic E-state index is 5.52. The highest BCUT2D eigenvalue weighted by Crippen LogP contribution is 2.21. The fourth-order valence-corrected chi connectivity index (χ4v) is 3.75. The molecule has 0 aliphatic carbocycles. The Kier molecular flexibility index (Phi) is 7.04. The van der Waals surface area contributed by atoms with E-state index in [4.69, 9.17) is 12.2 Å². The first-order valence-electron chi connectivity index (χ1n) is 9.55. The van der Waals surface area contributed by atoms with E-state index in [1.54, 1.807) is 0 Å². The van der Waals surface area contributed by atoms with Crippen molar-refractivity contribution >= 4 is 23.0 Å². The van der Waals surface area contributed by atoms with Gasteiger partial charge in [-0.15, -0.1) is 0 Å². The van der Waals surface area contributed by atoms with E-state index in [9.17, 15) is 0 Å². The van der Waals surface area contributed by atoms with Crippen LogP contribution in [0.15, 0.2) is 60.7 Å². The topological polar surface area (TPSA) is 18.5 Å². The molecule has 0 radical (unpaired) electrons. The van der Waals surface area contributed by atoms with Crippen LogP contribution in [0.25, 0.3) is 0 Å². The van der Waals surface area contributed by atoms with Gasteiger partial charge in [0.25, 0.3) is 0 Å². The lowest BCUT2D eigenvalue weighted by molar-refractivity contribution is 0.173. The van der Waals surface area contributed by atoms with Gasteiger partial charge in [-0.2, -0.15) is 0 Å². The summed E-state index contributed by atoms with van der Waals surface area (Å²) in [6.07, 6.45) is 3.77. The number of benzene rings is 2. The molecular formula is C22H29N3S. The molecule has 1 N–H and O–H groups in total. The average molecular weight is 368 g/mol. The van der Waals surface area contributed by atoms with E-state index in [1.165, 1.54) is 37.9 Å². The third kappa shape index (κ3) is 5.55. The first-order valence-corrected chi connectivity index (χ1v) is 9.96. The van der Waals surface area contributed by atoms with E-state index < -0.39 is 0 Å². The van der Waals surface area contributed by atoms with Crippen LogP contribution in [0, 0.1) is 5.92 Å². The van der Waals surface area contributed by atoms with Gasteiger partial charge in [0.05, 0.1) is 0 Å². The SMILES string of the molecule is CN(C(=S)NCCC1CCN(Cc2ccccc2)CC1)c1ccccc1. The standard InChI is InChI=1S/C22H29N3S/c1-24(21-10-6-3-7-11-21)22(26)23-15-12-19-13-16-25(17-14-19)18-20-8-4-2-5-9-20/h2-11,19H,12-18H2,1H3,(H,23,26). The molecule has 2 aromatic carbocycles. The van der Waals surface area contributed by atoms with E-state index in [0.29, 0.717) is 0 Å². The van der Waals surface area contributed by atoms with Gasteiger partial charge in [-0.25, -0.2) is 0 Å². The summed E-state index contributed by atoms with van der Waals surface area (Å²) in [6, 6.07) is 21.1. The largest absolute Gasteiger partial charge is 0.362 e. The van der Waals surface area contributed by atoms with Crippen molar-refractivity contribution in [1.29, 1.82) is 0 Å². The van der Waals surface area contributed by atoms with E-state index in [-0.39, 0.29) is 0 Å². The molecule has 3 rings (SSSR count). The van der Waals surface area contributed by atoms with Crippen LogP contribution in [0.2, 0.25) is 0 Å². The smallest absolute Gasteiger partial charge is 0.173 e. The van der Waals surface area contributed by atoms with Crippen molar-refractivity contribution in [3.05, 3.63) is 66.2 Å². The Labute approximate surface area is 163 Å². The molecule has 1 fully saturated rings. The number of nitrogens with one attached hydrogen (secondary N) is 1. The zero-order valence-electron chi connectivity index (χ0n) is 15.6. The van der Waals surface area contributed by atoms with Crippen LogP contribution < -0.4 is 10.2 Å². The number of nitrogens with zero attached hydrogens (tertiary/aromatic N) is 2. The fraction of sp³-hybridized carbons (Fsp3) is 0.409. The molecule has 1 aliphatic rings. The molecule has 0 atom stereocenters. The molecular weight excluding hydrogens is 338 g/mol. The van der Waals surface area contributed by atoms with Crippen LogP contribution in [-0.4, -0.2) is 36.7 Å². The van der Waals surface area contributed by atoms with Crippen molar-refractivity contribution in [3.8, 4) is 0 Å². The Bertz CT molecular complexity index is 666. The van der Waals surface area contributed by atoms with Crippen LogP contribution >= 0.6 is 12.2 Å². The maximum absolute atomic E-state index is 5.52. The van der Waals surface area contributed by atoms with E-state index in [2.05, 4.69) is 52.7 Å². The summed E-state index contributed by atoms with van der Waals surface area (Å²) < 4.78 is 0. The third-order valence-corrected chi connectivity index (χ3v) is 5.65. The minimum atomic E-state index is 0.803. The van der Waals surface area contributed by atoms with Gasteiger partial charge in [0.15, 0.2) is 5.11 Å². The Morgan fingerprint density at radius 2 is 1.65 bits per heavy atom. The predicted molar refractivity (Wildman–Crippen MR) is 115 cm³/mol. The van der Waals surface area contributed by atoms with E-state index in [1.807, 2.05) is 30.1 Å². The number of anilines is 1. The van der Waals surface area contributed by atoms with Crippen LogP contribution in [0.1, 0.15) is 24.8 Å². The quantitative estimate of drug-likeness (QED) is 0.767. The molecule has 1 heterocycles. The zero-order chi connectivity index (χ0) is 18.2. The van der Waals surface area contributed by atoms with Crippen molar-refractivity contribution in [2.45, 2.75) is 25.8 Å². The van der Waals surface area contributed by atoms with Crippen molar-refractivity contribution < 1.29 is 0 Å². The first kappa shape index (κ1) is 18.9. The van der Waals surface area contributed by atoms with Crippen molar-refractivity contribution in [2.24, 2.45) is 5.92 Å². The number of likely N-dealkylation sites (tertiary alicyclic amines) is 1. The molecule has 1 aliphatic heterocycles. The molecule has 138 valence electrons.